The topological polar surface area (TPSA) is 61.3 Å². The molecule has 124 valence electrons. The van der Waals surface area contributed by atoms with Gasteiger partial charge in [0.25, 0.3) is 0 Å². The van der Waals surface area contributed by atoms with Crippen LogP contribution in [0.4, 0.5) is 5.82 Å². The lowest BCUT2D eigenvalue weighted by Gasteiger charge is -2.17. The fourth-order valence-electron chi connectivity index (χ4n) is 2.36. The van der Waals surface area contributed by atoms with Crippen LogP contribution >= 0.6 is 47.2 Å². The minimum atomic E-state index is 0. The van der Waals surface area contributed by atoms with Crippen molar-refractivity contribution in [3.63, 3.8) is 0 Å². The van der Waals surface area contributed by atoms with E-state index in [0.29, 0.717) is 28.4 Å². The number of aromatic nitrogens is 1. The van der Waals surface area contributed by atoms with E-state index in [1.54, 1.807) is 19.3 Å². The van der Waals surface area contributed by atoms with Crippen molar-refractivity contribution in [2.75, 3.05) is 25.5 Å². The Labute approximate surface area is 158 Å². The molecule has 0 bridgehead atoms. The Bertz CT molecular complexity index is 492. The normalized spacial score (nSPS) is 15.3. The third kappa shape index (κ3) is 6.34. The summed E-state index contributed by atoms with van der Waals surface area (Å²) in [7, 11) is 1.79. The van der Waals surface area contributed by atoms with Crippen LogP contribution in [0.15, 0.2) is 17.3 Å². The molecule has 5 nitrogen and oxygen atoms in total. The van der Waals surface area contributed by atoms with Crippen LogP contribution in [0.5, 0.6) is 0 Å². The Kier molecular flexibility index (Phi) is 9.19. The van der Waals surface area contributed by atoms with E-state index in [1.807, 2.05) is 0 Å². The van der Waals surface area contributed by atoms with Crippen molar-refractivity contribution in [2.45, 2.75) is 31.7 Å². The zero-order valence-electron chi connectivity index (χ0n) is 12.5. The third-order valence-corrected chi connectivity index (χ3v) is 3.93. The monoisotopic (exact) mass is 457 g/mol. The molecule has 22 heavy (non-hydrogen) atoms. The van der Waals surface area contributed by atoms with E-state index >= 15 is 0 Å². The van der Waals surface area contributed by atoms with Gasteiger partial charge >= 0.3 is 0 Å². The fourth-order valence-corrected chi connectivity index (χ4v) is 2.81. The summed E-state index contributed by atoms with van der Waals surface area (Å²) in [6, 6.07) is 2.23. The molecule has 1 aromatic rings. The maximum atomic E-state index is 6.05. The molecule has 1 aliphatic carbocycles. The Hall–Kier alpha value is -0.470. The van der Waals surface area contributed by atoms with E-state index in [9.17, 15) is 0 Å². The maximum absolute atomic E-state index is 6.05. The Morgan fingerprint density at radius 1 is 1.32 bits per heavy atom. The quantitative estimate of drug-likeness (QED) is 0.274. The van der Waals surface area contributed by atoms with Gasteiger partial charge in [-0.3, -0.25) is 4.99 Å². The zero-order chi connectivity index (χ0) is 15.1. The summed E-state index contributed by atoms with van der Waals surface area (Å²) in [6.45, 7) is 1.42. The second-order valence-electron chi connectivity index (χ2n) is 5.04. The van der Waals surface area contributed by atoms with Gasteiger partial charge in [0.05, 0.1) is 10.0 Å². The first-order chi connectivity index (χ1) is 10.2. The lowest BCUT2D eigenvalue weighted by Crippen LogP contribution is -2.43. The fraction of sp³-hybridized carbons (Fsp3) is 0.571. The first-order valence-electron chi connectivity index (χ1n) is 7.21. The molecule has 0 atom stereocenters. The zero-order valence-corrected chi connectivity index (χ0v) is 16.4. The molecule has 0 aromatic carbocycles. The number of halogens is 3. The van der Waals surface area contributed by atoms with Crippen LogP contribution in [0.2, 0.25) is 10.0 Å². The molecule has 1 aromatic heterocycles. The molecule has 2 rings (SSSR count). The molecule has 0 radical (unpaired) electrons. The molecule has 3 N–H and O–H groups in total. The molecular weight excluding hydrogens is 436 g/mol. The van der Waals surface area contributed by atoms with Gasteiger partial charge in [-0.15, -0.1) is 24.0 Å². The largest absolute Gasteiger partial charge is 0.367 e. The summed E-state index contributed by atoms with van der Waals surface area (Å²) < 4.78 is 0. The average molecular weight is 458 g/mol. The van der Waals surface area contributed by atoms with E-state index in [-0.39, 0.29) is 24.0 Å². The van der Waals surface area contributed by atoms with Gasteiger partial charge in [-0.2, -0.15) is 0 Å². The Balaban J connectivity index is 0.00000242. The highest BCUT2D eigenvalue weighted by atomic mass is 127. The van der Waals surface area contributed by atoms with Crippen molar-refractivity contribution in [3.8, 4) is 0 Å². The van der Waals surface area contributed by atoms with Gasteiger partial charge < -0.3 is 16.0 Å². The van der Waals surface area contributed by atoms with Crippen LogP contribution in [-0.4, -0.2) is 37.1 Å². The first kappa shape index (κ1) is 19.6. The van der Waals surface area contributed by atoms with Crippen molar-refractivity contribution in [3.05, 3.63) is 22.3 Å². The van der Waals surface area contributed by atoms with Crippen LogP contribution in [0.25, 0.3) is 0 Å². The minimum absolute atomic E-state index is 0. The number of hydrogen-bond donors (Lipinski definition) is 3. The average Bonchev–Trinajstić information content (AvgIpc) is 2.97. The summed E-state index contributed by atoms with van der Waals surface area (Å²) in [5.74, 6) is 1.49. The lowest BCUT2D eigenvalue weighted by molar-refractivity contribution is 0.615. The highest BCUT2D eigenvalue weighted by Crippen LogP contribution is 2.22. The molecule has 0 aliphatic heterocycles. The van der Waals surface area contributed by atoms with Gasteiger partial charge in [0.15, 0.2) is 5.96 Å². The number of nitrogens with zero attached hydrogens (tertiary/aromatic N) is 2. The third-order valence-electron chi connectivity index (χ3n) is 3.44. The number of guanidine groups is 1. The molecule has 1 aliphatic rings. The van der Waals surface area contributed by atoms with E-state index in [1.165, 1.54) is 25.7 Å². The predicted octanol–water partition coefficient (Wildman–Crippen LogP) is 3.53. The van der Waals surface area contributed by atoms with E-state index < -0.39 is 0 Å². The van der Waals surface area contributed by atoms with Crippen molar-refractivity contribution >= 4 is 59.0 Å². The van der Waals surface area contributed by atoms with Crippen LogP contribution in [-0.2, 0) is 0 Å². The standard InChI is InChI=1S/C14H21Cl2N5.HI/c1-17-14(21-11-4-2-3-5-11)19-7-6-18-13-12(16)8-10(15)9-20-13;/h8-9,11H,2-7H2,1H3,(H,18,20)(H2,17,19,21);1H. The van der Waals surface area contributed by atoms with Crippen LogP contribution in [0, 0.1) is 0 Å². The Morgan fingerprint density at radius 3 is 2.68 bits per heavy atom. The van der Waals surface area contributed by atoms with Gasteiger partial charge in [-0.25, -0.2) is 4.98 Å². The number of anilines is 1. The molecule has 1 heterocycles. The van der Waals surface area contributed by atoms with E-state index in [2.05, 4.69) is 25.9 Å². The van der Waals surface area contributed by atoms with Crippen LogP contribution in [0.3, 0.4) is 0 Å². The summed E-state index contributed by atoms with van der Waals surface area (Å²) in [4.78, 5) is 8.38. The molecule has 0 unspecified atom stereocenters. The van der Waals surface area contributed by atoms with E-state index in [4.69, 9.17) is 23.2 Å². The van der Waals surface area contributed by atoms with Crippen molar-refractivity contribution < 1.29 is 0 Å². The van der Waals surface area contributed by atoms with Crippen LogP contribution in [0.1, 0.15) is 25.7 Å². The molecule has 1 fully saturated rings. The van der Waals surface area contributed by atoms with Crippen molar-refractivity contribution in [1.82, 2.24) is 15.6 Å². The molecule has 0 amide bonds. The maximum Gasteiger partial charge on any atom is 0.191 e. The van der Waals surface area contributed by atoms with E-state index in [0.717, 1.165) is 12.5 Å². The van der Waals surface area contributed by atoms with Gasteiger partial charge in [-0.1, -0.05) is 36.0 Å². The SMILES string of the molecule is CN=C(NCCNc1ncc(Cl)cc1Cl)NC1CCCC1.I. The predicted molar refractivity (Wildman–Crippen MR) is 105 cm³/mol. The molecule has 0 spiro atoms. The van der Waals surface area contributed by atoms with Gasteiger partial charge in [0.1, 0.15) is 5.82 Å². The van der Waals surface area contributed by atoms with Gasteiger partial charge in [0.2, 0.25) is 0 Å². The first-order valence-corrected chi connectivity index (χ1v) is 7.96. The smallest absolute Gasteiger partial charge is 0.191 e. The second kappa shape index (κ2) is 10.3. The van der Waals surface area contributed by atoms with Gasteiger partial charge in [-0.05, 0) is 18.9 Å². The number of aliphatic imine (C=N–C) groups is 1. The molecular formula is C14H22Cl2IN5. The van der Waals surface area contributed by atoms with Gasteiger partial charge in [0, 0.05) is 32.4 Å². The number of rotatable bonds is 5. The summed E-state index contributed by atoms with van der Waals surface area (Å²) >= 11 is 11.9. The summed E-state index contributed by atoms with van der Waals surface area (Å²) in [5, 5.41) is 10.9. The number of hydrogen-bond acceptors (Lipinski definition) is 3. The highest BCUT2D eigenvalue weighted by Gasteiger charge is 2.15. The second-order valence-corrected chi connectivity index (χ2v) is 5.88. The van der Waals surface area contributed by atoms with Crippen molar-refractivity contribution in [1.29, 1.82) is 0 Å². The summed E-state index contributed by atoms with van der Waals surface area (Å²) in [5.41, 5.74) is 0. The minimum Gasteiger partial charge on any atom is -0.367 e. The van der Waals surface area contributed by atoms with Crippen molar-refractivity contribution in [2.24, 2.45) is 4.99 Å². The van der Waals surface area contributed by atoms with Crippen LogP contribution < -0.4 is 16.0 Å². The Morgan fingerprint density at radius 2 is 2.05 bits per heavy atom. The molecule has 8 heteroatoms. The lowest BCUT2D eigenvalue weighted by atomic mass is 10.2. The number of nitrogens with one attached hydrogen (secondary N) is 3. The highest BCUT2D eigenvalue weighted by molar-refractivity contribution is 14.0. The summed E-state index contributed by atoms with van der Waals surface area (Å²) in [6.07, 6.45) is 6.63. The molecule has 1 saturated carbocycles. The molecule has 0 saturated heterocycles. The number of pyridine rings is 1.